The van der Waals surface area contributed by atoms with Crippen molar-refractivity contribution in [2.24, 2.45) is 0 Å². The highest BCUT2D eigenvalue weighted by atomic mass is 19.4. The molecule has 1 aromatic heterocycles. The molecule has 1 rings (SSSR count). The first kappa shape index (κ1) is 15.6. The lowest BCUT2D eigenvalue weighted by atomic mass is 9.86. The standard InChI is InChI=1S/C13H16F3NO2/c1-4-12(5-2,19-3)11(18)9-8-17-7-6-10(9)13(14,15)16/h6-8H,4-5H2,1-3H3. The first-order valence-corrected chi connectivity index (χ1v) is 5.93. The van der Waals surface area contributed by atoms with Gasteiger partial charge in [-0.2, -0.15) is 13.2 Å². The van der Waals surface area contributed by atoms with Crippen molar-refractivity contribution < 1.29 is 22.7 Å². The van der Waals surface area contributed by atoms with Crippen LogP contribution in [0.15, 0.2) is 18.5 Å². The maximum atomic E-state index is 12.9. The fourth-order valence-corrected chi connectivity index (χ4v) is 2.02. The summed E-state index contributed by atoms with van der Waals surface area (Å²) < 4.78 is 43.8. The highest BCUT2D eigenvalue weighted by Gasteiger charge is 2.41. The second kappa shape index (κ2) is 5.69. The number of halogens is 3. The average molecular weight is 275 g/mol. The number of hydrogen-bond donors (Lipinski definition) is 0. The predicted octanol–water partition coefficient (Wildman–Crippen LogP) is 3.49. The SMILES string of the molecule is CCC(CC)(OC)C(=O)c1cnccc1C(F)(F)F. The summed E-state index contributed by atoms with van der Waals surface area (Å²) in [5.74, 6) is -0.680. The van der Waals surface area contributed by atoms with Crippen LogP contribution in [0.2, 0.25) is 0 Å². The lowest BCUT2D eigenvalue weighted by Crippen LogP contribution is -2.40. The van der Waals surface area contributed by atoms with Crippen molar-refractivity contribution in [3.05, 3.63) is 29.6 Å². The number of hydrogen-bond acceptors (Lipinski definition) is 3. The Morgan fingerprint density at radius 1 is 1.32 bits per heavy atom. The number of pyridine rings is 1. The maximum absolute atomic E-state index is 12.9. The van der Waals surface area contributed by atoms with Crippen LogP contribution in [0.5, 0.6) is 0 Å². The number of rotatable bonds is 5. The van der Waals surface area contributed by atoms with E-state index in [1.54, 1.807) is 13.8 Å². The van der Waals surface area contributed by atoms with E-state index < -0.39 is 28.7 Å². The van der Waals surface area contributed by atoms with Crippen LogP contribution in [0.1, 0.15) is 42.6 Å². The minimum absolute atomic E-state index is 0.297. The van der Waals surface area contributed by atoms with Crippen molar-refractivity contribution in [1.29, 1.82) is 0 Å². The van der Waals surface area contributed by atoms with E-state index in [2.05, 4.69) is 4.98 Å². The number of carbonyl (C=O) groups excluding carboxylic acids is 1. The van der Waals surface area contributed by atoms with Gasteiger partial charge in [0, 0.05) is 19.5 Å². The second-order valence-electron chi connectivity index (χ2n) is 4.15. The Labute approximate surface area is 109 Å². The molecule has 0 saturated heterocycles. The molecule has 1 aromatic rings. The van der Waals surface area contributed by atoms with Crippen molar-refractivity contribution in [2.45, 2.75) is 38.5 Å². The van der Waals surface area contributed by atoms with Gasteiger partial charge in [0.05, 0.1) is 11.1 Å². The van der Waals surface area contributed by atoms with Crippen molar-refractivity contribution in [2.75, 3.05) is 7.11 Å². The maximum Gasteiger partial charge on any atom is 0.417 e. The molecule has 0 saturated carbocycles. The zero-order chi connectivity index (χ0) is 14.7. The molecule has 0 atom stereocenters. The lowest BCUT2D eigenvalue weighted by molar-refractivity contribution is -0.138. The Hall–Kier alpha value is -1.43. The van der Waals surface area contributed by atoms with Gasteiger partial charge in [-0.1, -0.05) is 13.8 Å². The first-order chi connectivity index (χ1) is 8.82. The van der Waals surface area contributed by atoms with Crippen molar-refractivity contribution >= 4 is 5.78 Å². The third-order valence-corrected chi connectivity index (χ3v) is 3.32. The Morgan fingerprint density at radius 2 is 1.89 bits per heavy atom. The Balaban J connectivity index is 3.35. The summed E-state index contributed by atoms with van der Waals surface area (Å²) in [6, 6.07) is 0.805. The van der Waals surface area contributed by atoms with E-state index in [-0.39, 0.29) is 0 Å². The van der Waals surface area contributed by atoms with E-state index in [1.165, 1.54) is 7.11 Å². The summed E-state index contributed by atoms with van der Waals surface area (Å²) in [5, 5.41) is 0. The molecule has 106 valence electrons. The predicted molar refractivity (Wildman–Crippen MR) is 63.9 cm³/mol. The zero-order valence-corrected chi connectivity index (χ0v) is 11.0. The Kier molecular flexibility index (Phi) is 4.68. The summed E-state index contributed by atoms with van der Waals surface area (Å²) in [4.78, 5) is 16.0. The van der Waals surface area contributed by atoms with Gasteiger partial charge in [-0.15, -0.1) is 0 Å². The fourth-order valence-electron chi connectivity index (χ4n) is 2.02. The number of aromatic nitrogens is 1. The van der Waals surface area contributed by atoms with E-state index in [0.717, 1.165) is 18.5 Å². The minimum atomic E-state index is -4.59. The van der Waals surface area contributed by atoms with Crippen LogP contribution in [-0.4, -0.2) is 23.5 Å². The van der Waals surface area contributed by atoms with Crippen LogP contribution in [0.3, 0.4) is 0 Å². The van der Waals surface area contributed by atoms with E-state index in [4.69, 9.17) is 4.74 Å². The third kappa shape index (κ3) is 2.94. The topological polar surface area (TPSA) is 39.2 Å². The number of ketones is 1. The lowest BCUT2D eigenvalue weighted by Gasteiger charge is -2.29. The fraction of sp³-hybridized carbons (Fsp3) is 0.538. The summed E-state index contributed by atoms with van der Waals surface area (Å²) in [5.41, 5.74) is -2.65. The van der Waals surface area contributed by atoms with E-state index >= 15 is 0 Å². The molecule has 0 unspecified atom stereocenters. The monoisotopic (exact) mass is 275 g/mol. The molecule has 0 bridgehead atoms. The summed E-state index contributed by atoms with van der Waals surface area (Å²) in [6.07, 6.45) is -2.03. The van der Waals surface area contributed by atoms with Gasteiger partial charge in [0.15, 0.2) is 5.78 Å². The average Bonchev–Trinajstić information content (AvgIpc) is 2.40. The number of carbonyl (C=O) groups is 1. The third-order valence-electron chi connectivity index (χ3n) is 3.32. The molecule has 0 aliphatic carbocycles. The number of nitrogens with zero attached hydrogens (tertiary/aromatic N) is 1. The van der Waals surface area contributed by atoms with E-state index in [1.807, 2.05) is 0 Å². The van der Waals surface area contributed by atoms with Gasteiger partial charge in [-0.25, -0.2) is 0 Å². The van der Waals surface area contributed by atoms with Crippen LogP contribution in [0, 0.1) is 0 Å². The second-order valence-corrected chi connectivity index (χ2v) is 4.15. The summed E-state index contributed by atoms with van der Waals surface area (Å²) in [7, 11) is 1.33. The Morgan fingerprint density at radius 3 is 2.32 bits per heavy atom. The molecule has 0 fully saturated rings. The smallest absolute Gasteiger partial charge is 0.370 e. The molecule has 0 N–H and O–H groups in total. The van der Waals surface area contributed by atoms with Crippen molar-refractivity contribution in [1.82, 2.24) is 4.98 Å². The van der Waals surface area contributed by atoms with Gasteiger partial charge in [-0.3, -0.25) is 9.78 Å². The molecule has 6 heteroatoms. The van der Waals surface area contributed by atoms with Gasteiger partial charge in [-0.05, 0) is 18.9 Å². The highest BCUT2D eigenvalue weighted by Crippen LogP contribution is 2.34. The van der Waals surface area contributed by atoms with Gasteiger partial charge in [0.1, 0.15) is 5.60 Å². The normalized spacial score (nSPS) is 12.5. The highest BCUT2D eigenvalue weighted by molar-refractivity contribution is 6.03. The molecule has 0 amide bonds. The van der Waals surface area contributed by atoms with Crippen LogP contribution in [0.4, 0.5) is 13.2 Å². The number of methoxy groups -OCH3 is 1. The molecule has 19 heavy (non-hydrogen) atoms. The molecular formula is C13H16F3NO2. The van der Waals surface area contributed by atoms with Gasteiger partial charge < -0.3 is 4.74 Å². The molecule has 0 aliphatic rings. The van der Waals surface area contributed by atoms with E-state index in [9.17, 15) is 18.0 Å². The first-order valence-electron chi connectivity index (χ1n) is 5.93. The van der Waals surface area contributed by atoms with Gasteiger partial charge >= 0.3 is 6.18 Å². The molecule has 1 heterocycles. The van der Waals surface area contributed by atoms with Crippen LogP contribution < -0.4 is 0 Å². The van der Waals surface area contributed by atoms with Crippen molar-refractivity contribution in [3.63, 3.8) is 0 Å². The molecule has 3 nitrogen and oxygen atoms in total. The number of alkyl halides is 3. The van der Waals surface area contributed by atoms with Crippen LogP contribution >= 0.6 is 0 Å². The number of ether oxygens (including phenoxy) is 1. The minimum Gasteiger partial charge on any atom is -0.370 e. The summed E-state index contributed by atoms with van der Waals surface area (Å²) in [6.45, 7) is 3.41. The Bertz CT molecular complexity index is 445. The summed E-state index contributed by atoms with van der Waals surface area (Å²) >= 11 is 0. The zero-order valence-electron chi connectivity index (χ0n) is 11.0. The van der Waals surface area contributed by atoms with Crippen LogP contribution in [0.25, 0.3) is 0 Å². The van der Waals surface area contributed by atoms with Crippen molar-refractivity contribution in [3.8, 4) is 0 Å². The molecule has 0 aromatic carbocycles. The molecule has 0 radical (unpaired) electrons. The quantitative estimate of drug-likeness (QED) is 0.772. The van der Waals surface area contributed by atoms with Gasteiger partial charge in [0.2, 0.25) is 0 Å². The largest absolute Gasteiger partial charge is 0.417 e. The molecular weight excluding hydrogens is 259 g/mol. The van der Waals surface area contributed by atoms with Crippen LogP contribution in [-0.2, 0) is 10.9 Å². The number of Topliss-reactive ketones (excluding diaryl/α,β-unsaturated/α-hetero) is 1. The van der Waals surface area contributed by atoms with E-state index in [0.29, 0.717) is 12.8 Å². The molecule has 0 aliphatic heterocycles. The molecule has 0 spiro atoms. The van der Waals surface area contributed by atoms with Gasteiger partial charge in [0.25, 0.3) is 0 Å².